The van der Waals surface area contributed by atoms with Gasteiger partial charge in [0.1, 0.15) is 5.75 Å². The van der Waals surface area contributed by atoms with Gasteiger partial charge in [0.15, 0.2) is 5.11 Å². The summed E-state index contributed by atoms with van der Waals surface area (Å²) >= 11 is 5.37. The van der Waals surface area contributed by atoms with Gasteiger partial charge in [-0.1, -0.05) is 18.2 Å². The van der Waals surface area contributed by atoms with E-state index in [2.05, 4.69) is 10.6 Å². The number of nitrogens with one attached hydrogen (secondary N) is 2. The normalized spacial score (nSPS) is 15.0. The van der Waals surface area contributed by atoms with Crippen molar-refractivity contribution < 1.29 is 17.9 Å². The third kappa shape index (κ3) is 4.99. The summed E-state index contributed by atoms with van der Waals surface area (Å²) in [6.45, 7) is 3.98. The van der Waals surface area contributed by atoms with Gasteiger partial charge in [-0.2, -0.15) is 4.31 Å². The van der Waals surface area contributed by atoms with Crippen molar-refractivity contribution in [3.05, 3.63) is 48.5 Å². The lowest BCUT2D eigenvalue weighted by Crippen LogP contribution is -2.40. The number of nitrogens with zero attached hydrogens (tertiary/aromatic N) is 1. The zero-order valence-corrected chi connectivity index (χ0v) is 17.2. The molecule has 0 bridgehead atoms. The summed E-state index contributed by atoms with van der Waals surface area (Å²) < 4.78 is 37.9. The number of ether oxygens (including phenoxy) is 2. The molecule has 0 unspecified atom stereocenters. The topological polar surface area (TPSA) is 79.9 Å². The van der Waals surface area contributed by atoms with Gasteiger partial charge < -0.3 is 20.1 Å². The van der Waals surface area contributed by atoms with E-state index in [1.165, 1.54) is 4.31 Å². The van der Waals surface area contributed by atoms with E-state index in [9.17, 15) is 8.42 Å². The smallest absolute Gasteiger partial charge is 0.243 e. The highest BCUT2D eigenvalue weighted by molar-refractivity contribution is 7.89. The first-order valence-corrected chi connectivity index (χ1v) is 10.8. The minimum Gasteiger partial charge on any atom is -0.492 e. The summed E-state index contributed by atoms with van der Waals surface area (Å²) in [7, 11) is -3.56. The van der Waals surface area contributed by atoms with Crippen molar-refractivity contribution in [2.24, 2.45) is 0 Å². The maximum atomic E-state index is 12.8. The van der Waals surface area contributed by atoms with E-state index < -0.39 is 10.0 Å². The van der Waals surface area contributed by atoms with Crippen molar-refractivity contribution >= 4 is 38.7 Å². The second-order valence-electron chi connectivity index (χ2n) is 6.05. The van der Waals surface area contributed by atoms with Gasteiger partial charge in [0.05, 0.1) is 30.4 Å². The number of thiocarbonyl (C=S) groups is 1. The molecule has 0 aliphatic carbocycles. The fourth-order valence-corrected chi connectivity index (χ4v) is 4.49. The van der Waals surface area contributed by atoms with Crippen LogP contribution in [0, 0.1) is 0 Å². The number of sulfonamides is 1. The van der Waals surface area contributed by atoms with Crippen molar-refractivity contribution in [3.63, 3.8) is 0 Å². The third-order valence-electron chi connectivity index (χ3n) is 4.13. The van der Waals surface area contributed by atoms with Crippen LogP contribution in [0.4, 0.5) is 11.4 Å². The van der Waals surface area contributed by atoms with Crippen molar-refractivity contribution in [2.75, 3.05) is 43.5 Å². The molecule has 1 heterocycles. The lowest BCUT2D eigenvalue weighted by molar-refractivity contribution is 0.0730. The van der Waals surface area contributed by atoms with Crippen LogP contribution in [0.25, 0.3) is 0 Å². The van der Waals surface area contributed by atoms with E-state index in [1.807, 2.05) is 31.2 Å². The molecular weight excluding hydrogens is 398 g/mol. The summed E-state index contributed by atoms with van der Waals surface area (Å²) in [5.41, 5.74) is 1.32. The molecule has 0 atom stereocenters. The zero-order chi connectivity index (χ0) is 20.0. The van der Waals surface area contributed by atoms with Crippen LogP contribution in [0.5, 0.6) is 5.75 Å². The number of benzene rings is 2. The predicted octanol–water partition coefficient (Wildman–Crippen LogP) is 2.92. The number of morpholine rings is 1. The first-order chi connectivity index (χ1) is 13.5. The molecule has 7 nitrogen and oxygen atoms in total. The van der Waals surface area contributed by atoms with Gasteiger partial charge in [-0.15, -0.1) is 0 Å². The number of hydrogen-bond acceptors (Lipinski definition) is 5. The average molecular weight is 422 g/mol. The molecule has 1 fully saturated rings. The molecule has 2 aromatic carbocycles. The molecule has 28 heavy (non-hydrogen) atoms. The van der Waals surface area contributed by atoms with Crippen LogP contribution in [0.3, 0.4) is 0 Å². The molecule has 9 heteroatoms. The van der Waals surface area contributed by atoms with Crippen molar-refractivity contribution in [3.8, 4) is 5.75 Å². The lowest BCUT2D eigenvalue weighted by Gasteiger charge is -2.26. The van der Waals surface area contributed by atoms with Gasteiger partial charge >= 0.3 is 0 Å². The SMILES string of the molecule is CCOc1ccccc1NC(=S)Nc1cccc(S(=O)(=O)N2CCOCC2)c1. The molecule has 150 valence electrons. The largest absolute Gasteiger partial charge is 0.492 e. The van der Waals surface area contributed by atoms with Gasteiger partial charge in [-0.25, -0.2) is 8.42 Å². The van der Waals surface area contributed by atoms with Gasteiger partial charge in [0, 0.05) is 18.8 Å². The first kappa shape index (κ1) is 20.5. The van der Waals surface area contributed by atoms with Crippen LogP contribution in [0.1, 0.15) is 6.92 Å². The number of para-hydroxylation sites is 2. The molecule has 0 aromatic heterocycles. The van der Waals surface area contributed by atoms with Crippen LogP contribution >= 0.6 is 12.2 Å². The molecule has 0 spiro atoms. The van der Waals surface area contributed by atoms with Crippen LogP contribution in [-0.4, -0.2) is 50.7 Å². The van der Waals surface area contributed by atoms with Gasteiger partial charge in [0.25, 0.3) is 0 Å². The molecule has 2 aromatic rings. The average Bonchev–Trinajstić information content (AvgIpc) is 2.70. The van der Waals surface area contributed by atoms with Crippen molar-refractivity contribution in [1.82, 2.24) is 4.31 Å². The minimum atomic E-state index is -3.56. The number of rotatable bonds is 6. The Hall–Kier alpha value is -2.20. The van der Waals surface area contributed by atoms with Crippen LogP contribution in [0.2, 0.25) is 0 Å². The van der Waals surface area contributed by atoms with Gasteiger partial charge in [-0.3, -0.25) is 0 Å². The van der Waals surface area contributed by atoms with Gasteiger partial charge in [-0.05, 0) is 49.5 Å². The molecule has 0 amide bonds. The highest BCUT2D eigenvalue weighted by atomic mass is 32.2. The molecule has 1 aliphatic heterocycles. The van der Waals surface area contributed by atoms with E-state index in [4.69, 9.17) is 21.7 Å². The van der Waals surface area contributed by atoms with Crippen LogP contribution in [-0.2, 0) is 14.8 Å². The number of hydrogen-bond donors (Lipinski definition) is 2. The van der Waals surface area contributed by atoms with E-state index in [-0.39, 0.29) is 4.90 Å². The Labute approximate surface area is 170 Å². The van der Waals surface area contributed by atoms with Crippen molar-refractivity contribution in [1.29, 1.82) is 0 Å². The van der Waals surface area contributed by atoms with Gasteiger partial charge in [0.2, 0.25) is 10.0 Å². The summed E-state index contributed by atoms with van der Waals surface area (Å²) in [5, 5.41) is 6.46. The quantitative estimate of drug-likeness (QED) is 0.694. The summed E-state index contributed by atoms with van der Waals surface area (Å²) in [5.74, 6) is 0.692. The van der Waals surface area contributed by atoms with Crippen LogP contribution < -0.4 is 15.4 Å². The molecule has 3 rings (SSSR count). The maximum absolute atomic E-state index is 12.8. The molecule has 0 radical (unpaired) electrons. The lowest BCUT2D eigenvalue weighted by atomic mass is 10.3. The summed E-state index contributed by atoms with van der Waals surface area (Å²) in [6.07, 6.45) is 0. The fourth-order valence-electron chi connectivity index (χ4n) is 2.81. The Morgan fingerprint density at radius 1 is 1.14 bits per heavy atom. The second kappa shape index (κ2) is 9.33. The first-order valence-electron chi connectivity index (χ1n) is 8.98. The van der Waals surface area contributed by atoms with E-state index >= 15 is 0 Å². The highest BCUT2D eigenvalue weighted by Gasteiger charge is 2.26. The van der Waals surface area contributed by atoms with E-state index in [0.717, 1.165) is 5.69 Å². The molecular formula is C19H23N3O4S2. The number of anilines is 2. The van der Waals surface area contributed by atoms with E-state index in [1.54, 1.807) is 24.3 Å². The second-order valence-corrected chi connectivity index (χ2v) is 8.40. The van der Waals surface area contributed by atoms with Crippen molar-refractivity contribution in [2.45, 2.75) is 11.8 Å². The highest BCUT2D eigenvalue weighted by Crippen LogP contribution is 2.24. The fraction of sp³-hybridized carbons (Fsp3) is 0.316. The molecule has 2 N–H and O–H groups in total. The Bertz CT molecular complexity index is 928. The standard InChI is InChI=1S/C19H23N3O4S2/c1-2-26-18-9-4-3-8-17(18)21-19(27)20-15-6-5-7-16(14-15)28(23,24)22-10-12-25-13-11-22/h3-9,14H,2,10-13H2,1H3,(H2,20,21,27). The summed E-state index contributed by atoms with van der Waals surface area (Å²) in [4.78, 5) is 0.219. The third-order valence-corrected chi connectivity index (χ3v) is 6.23. The molecule has 1 saturated heterocycles. The Morgan fingerprint density at radius 3 is 2.64 bits per heavy atom. The monoisotopic (exact) mass is 421 g/mol. The Morgan fingerprint density at radius 2 is 1.89 bits per heavy atom. The van der Waals surface area contributed by atoms with Crippen LogP contribution in [0.15, 0.2) is 53.4 Å². The maximum Gasteiger partial charge on any atom is 0.243 e. The van der Waals surface area contributed by atoms with E-state index in [0.29, 0.717) is 49.5 Å². The predicted molar refractivity (Wildman–Crippen MR) is 113 cm³/mol. The molecule has 1 aliphatic rings. The Balaban J connectivity index is 1.71. The zero-order valence-electron chi connectivity index (χ0n) is 15.6. The Kier molecular flexibility index (Phi) is 6.84. The molecule has 0 saturated carbocycles. The summed E-state index contributed by atoms with van der Waals surface area (Å²) in [6, 6.07) is 14.1. The minimum absolute atomic E-state index is 0.219.